The first-order valence-corrected chi connectivity index (χ1v) is 9.35. The van der Waals surface area contributed by atoms with Crippen LogP contribution in [0.5, 0.6) is 0 Å². The van der Waals surface area contributed by atoms with Crippen molar-refractivity contribution in [3.63, 3.8) is 0 Å². The molecule has 0 fully saturated rings. The highest BCUT2D eigenvalue weighted by atomic mass is 16.4. The molecule has 2 atom stereocenters. The minimum atomic E-state index is -0.829. The highest BCUT2D eigenvalue weighted by molar-refractivity contribution is 5.77. The smallest absolute Gasteiger partial charge is 0.304 e. The molecule has 3 nitrogen and oxygen atoms in total. The van der Waals surface area contributed by atoms with E-state index in [0.717, 1.165) is 22.3 Å². The van der Waals surface area contributed by atoms with Gasteiger partial charge >= 0.3 is 5.97 Å². The fourth-order valence-electron chi connectivity index (χ4n) is 3.92. The Morgan fingerprint density at radius 1 is 0.857 bits per heavy atom. The summed E-state index contributed by atoms with van der Waals surface area (Å²) in [5, 5.41) is 9.58. The van der Waals surface area contributed by atoms with Crippen LogP contribution < -0.4 is 0 Å². The molecular formula is C25H21NO2. The largest absolute Gasteiger partial charge is 0.481 e. The molecule has 3 aromatic rings. The molecule has 0 saturated heterocycles. The summed E-state index contributed by atoms with van der Waals surface area (Å²) < 4.78 is 0. The van der Waals surface area contributed by atoms with Crippen LogP contribution >= 0.6 is 0 Å². The second kappa shape index (κ2) is 7.65. The maximum Gasteiger partial charge on any atom is 0.304 e. The molecule has 1 aliphatic rings. The predicted octanol–water partition coefficient (Wildman–Crippen LogP) is 5.45. The van der Waals surface area contributed by atoms with Crippen LogP contribution in [0.4, 0.5) is 0 Å². The number of carboxylic acid groups (broad SMARTS) is 1. The molecule has 0 saturated carbocycles. The van der Waals surface area contributed by atoms with Crippen molar-refractivity contribution in [2.45, 2.75) is 17.9 Å². The summed E-state index contributed by atoms with van der Waals surface area (Å²) in [4.78, 5) is 16.4. The summed E-state index contributed by atoms with van der Waals surface area (Å²) in [6, 6.07) is 28.3. The average molecular weight is 367 g/mol. The quantitative estimate of drug-likeness (QED) is 0.630. The normalized spacial score (nSPS) is 18.9. The van der Waals surface area contributed by atoms with Gasteiger partial charge in [-0.05, 0) is 28.3 Å². The Hall–Kier alpha value is -3.46. The van der Waals surface area contributed by atoms with E-state index in [1.54, 1.807) is 6.21 Å². The highest BCUT2D eigenvalue weighted by Gasteiger charge is 2.41. The number of benzene rings is 3. The zero-order valence-electron chi connectivity index (χ0n) is 15.4. The van der Waals surface area contributed by atoms with E-state index in [1.807, 2.05) is 60.7 Å². The number of aliphatic imine (C=N–C) groups is 1. The summed E-state index contributed by atoms with van der Waals surface area (Å²) in [5.74, 6) is -1.12. The van der Waals surface area contributed by atoms with E-state index < -0.39 is 11.5 Å². The molecule has 0 aliphatic carbocycles. The first-order valence-electron chi connectivity index (χ1n) is 9.35. The van der Waals surface area contributed by atoms with Gasteiger partial charge in [-0.25, -0.2) is 0 Å². The molecule has 0 radical (unpaired) electrons. The van der Waals surface area contributed by atoms with E-state index in [2.05, 4.69) is 36.4 Å². The molecule has 2 unspecified atom stereocenters. The Kier molecular flexibility index (Phi) is 4.90. The molecule has 0 amide bonds. The summed E-state index contributed by atoms with van der Waals surface area (Å²) in [6.45, 7) is 0. The maximum absolute atomic E-state index is 11.7. The van der Waals surface area contributed by atoms with Crippen LogP contribution in [0.1, 0.15) is 23.5 Å². The monoisotopic (exact) mass is 367 g/mol. The number of carboxylic acids is 1. The molecule has 1 aliphatic heterocycles. The average Bonchev–Trinajstić information content (AvgIpc) is 3.24. The lowest BCUT2D eigenvalue weighted by Gasteiger charge is -2.34. The van der Waals surface area contributed by atoms with Crippen LogP contribution in [-0.4, -0.2) is 17.3 Å². The Morgan fingerprint density at radius 2 is 1.46 bits per heavy atom. The summed E-state index contributed by atoms with van der Waals surface area (Å²) in [7, 11) is 0. The lowest BCUT2D eigenvalue weighted by molar-refractivity contribution is -0.137. The van der Waals surface area contributed by atoms with E-state index in [0.29, 0.717) is 0 Å². The molecule has 4 rings (SSSR count). The fourth-order valence-corrected chi connectivity index (χ4v) is 3.92. The van der Waals surface area contributed by atoms with Crippen LogP contribution in [0.2, 0.25) is 0 Å². The summed E-state index contributed by atoms with van der Waals surface area (Å²) in [6.07, 6.45) is 5.70. The Morgan fingerprint density at radius 3 is 2.04 bits per heavy atom. The lowest BCUT2D eigenvalue weighted by Crippen LogP contribution is -2.30. The molecule has 0 aromatic heterocycles. The highest BCUT2D eigenvalue weighted by Crippen LogP contribution is 2.45. The Balaban J connectivity index is 1.78. The van der Waals surface area contributed by atoms with E-state index in [1.165, 1.54) is 0 Å². The topological polar surface area (TPSA) is 49.7 Å². The van der Waals surface area contributed by atoms with E-state index in [-0.39, 0.29) is 12.3 Å². The van der Waals surface area contributed by atoms with Gasteiger partial charge in [-0.2, -0.15) is 0 Å². The Labute approximate surface area is 164 Å². The first kappa shape index (κ1) is 17.9. The third-order valence-corrected chi connectivity index (χ3v) is 5.29. The van der Waals surface area contributed by atoms with Gasteiger partial charge in [0.25, 0.3) is 0 Å². The summed E-state index contributed by atoms with van der Waals surface area (Å²) in [5.41, 5.74) is 3.53. The van der Waals surface area contributed by atoms with Crippen LogP contribution in [0, 0.1) is 0 Å². The van der Waals surface area contributed by atoms with Crippen molar-refractivity contribution in [3.05, 3.63) is 108 Å². The van der Waals surface area contributed by atoms with Crippen molar-refractivity contribution in [1.82, 2.24) is 0 Å². The maximum atomic E-state index is 11.7. The zero-order valence-corrected chi connectivity index (χ0v) is 15.4. The van der Waals surface area contributed by atoms with E-state index >= 15 is 0 Å². The van der Waals surface area contributed by atoms with Crippen LogP contribution in [0.25, 0.3) is 11.1 Å². The SMILES string of the molecule is O=C(O)CC(c1ccccc1)C1(c2ccc(-c3ccccc3)cc2)C=CC=N1. The van der Waals surface area contributed by atoms with Crippen LogP contribution in [0.15, 0.2) is 102 Å². The second-order valence-electron chi connectivity index (χ2n) is 6.97. The minimum Gasteiger partial charge on any atom is -0.481 e. The number of hydrogen-bond donors (Lipinski definition) is 1. The van der Waals surface area contributed by atoms with Crippen molar-refractivity contribution in [2.24, 2.45) is 4.99 Å². The van der Waals surface area contributed by atoms with Gasteiger partial charge < -0.3 is 5.11 Å². The van der Waals surface area contributed by atoms with Crippen molar-refractivity contribution < 1.29 is 9.90 Å². The molecule has 0 bridgehead atoms. The molecule has 28 heavy (non-hydrogen) atoms. The standard InChI is InChI=1S/C25H21NO2/c27-24(28)18-23(21-10-5-2-6-11-21)25(16-7-17-26-25)22-14-12-20(13-15-22)19-8-3-1-4-9-19/h1-17,23H,18H2,(H,27,28). The second-order valence-corrected chi connectivity index (χ2v) is 6.97. The van der Waals surface area contributed by atoms with E-state index in [4.69, 9.17) is 4.99 Å². The van der Waals surface area contributed by atoms with Gasteiger partial charge in [0.15, 0.2) is 0 Å². The van der Waals surface area contributed by atoms with Crippen molar-refractivity contribution in [3.8, 4) is 11.1 Å². The Bertz CT molecular complexity index is 993. The molecule has 138 valence electrons. The molecular weight excluding hydrogens is 346 g/mol. The predicted molar refractivity (Wildman–Crippen MR) is 113 cm³/mol. The molecule has 3 aromatic carbocycles. The minimum absolute atomic E-state index is 0.00608. The molecule has 0 spiro atoms. The lowest BCUT2D eigenvalue weighted by atomic mass is 9.73. The molecule has 1 N–H and O–H groups in total. The molecule has 3 heteroatoms. The van der Waals surface area contributed by atoms with Crippen molar-refractivity contribution >= 4 is 12.2 Å². The summed E-state index contributed by atoms with van der Waals surface area (Å²) >= 11 is 0. The van der Waals surface area contributed by atoms with Gasteiger partial charge in [0.05, 0.1) is 6.42 Å². The molecule has 1 heterocycles. The zero-order chi connectivity index (χ0) is 19.4. The van der Waals surface area contributed by atoms with Gasteiger partial charge in [0.1, 0.15) is 5.54 Å². The first-order chi connectivity index (χ1) is 13.7. The van der Waals surface area contributed by atoms with Gasteiger partial charge in [-0.1, -0.05) is 91.0 Å². The van der Waals surface area contributed by atoms with Crippen molar-refractivity contribution in [1.29, 1.82) is 0 Å². The van der Waals surface area contributed by atoms with Gasteiger partial charge in [0.2, 0.25) is 0 Å². The van der Waals surface area contributed by atoms with Crippen LogP contribution in [-0.2, 0) is 10.3 Å². The third kappa shape index (κ3) is 3.39. The number of nitrogens with zero attached hydrogens (tertiary/aromatic N) is 1. The van der Waals surface area contributed by atoms with Crippen LogP contribution in [0.3, 0.4) is 0 Å². The number of aliphatic carboxylic acids is 1. The van der Waals surface area contributed by atoms with Gasteiger partial charge in [-0.15, -0.1) is 0 Å². The number of hydrogen-bond acceptors (Lipinski definition) is 2. The number of rotatable bonds is 6. The van der Waals surface area contributed by atoms with Gasteiger partial charge in [0, 0.05) is 12.1 Å². The third-order valence-electron chi connectivity index (χ3n) is 5.29. The van der Waals surface area contributed by atoms with E-state index in [9.17, 15) is 9.90 Å². The number of allylic oxidation sites excluding steroid dienone is 1. The van der Waals surface area contributed by atoms with Gasteiger partial charge in [-0.3, -0.25) is 9.79 Å². The fraction of sp³-hybridized carbons (Fsp3) is 0.120. The van der Waals surface area contributed by atoms with Crippen molar-refractivity contribution in [2.75, 3.05) is 0 Å². The number of carbonyl (C=O) groups is 1.